The normalized spacial score (nSPS) is 10.4. The molecule has 0 saturated heterocycles. The van der Waals surface area contributed by atoms with Crippen LogP contribution in [0.25, 0.3) is 0 Å². The predicted molar refractivity (Wildman–Crippen MR) is 107 cm³/mol. The first-order valence-corrected chi connectivity index (χ1v) is 8.65. The SMILES string of the molecule is CCN(CC)c1ccc(N/C=C(/C#N)C(=O)Nc2ccccc2C#N)cc1. The van der Waals surface area contributed by atoms with Crippen molar-refractivity contribution in [1.82, 2.24) is 0 Å². The van der Waals surface area contributed by atoms with Gasteiger partial charge in [0, 0.05) is 30.7 Å². The Hall–Kier alpha value is -3.77. The molecule has 0 radical (unpaired) electrons. The average molecular weight is 359 g/mol. The van der Waals surface area contributed by atoms with E-state index in [-0.39, 0.29) is 5.57 Å². The summed E-state index contributed by atoms with van der Waals surface area (Å²) in [7, 11) is 0. The maximum atomic E-state index is 12.3. The third-order valence-electron chi connectivity index (χ3n) is 4.04. The third-order valence-corrected chi connectivity index (χ3v) is 4.04. The molecule has 0 aromatic heterocycles. The van der Waals surface area contributed by atoms with Crippen molar-refractivity contribution in [2.75, 3.05) is 28.6 Å². The smallest absolute Gasteiger partial charge is 0.267 e. The number of para-hydroxylation sites is 1. The summed E-state index contributed by atoms with van der Waals surface area (Å²) in [6.45, 7) is 6.04. The van der Waals surface area contributed by atoms with E-state index in [1.54, 1.807) is 24.3 Å². The molecule has 0 unspecified atom stereocenters. The van der Waals surface area contributed by atoms with E-state index < -0.39 is 5.91 Å². The average Bonchev–Trinajstić information content (AvgIpc) is 2.71. The highest BCUT2D eigenvalue weighted by molar-refractivity contribution is 6.07. The zero-order valence-electron chi connectivity index (χ0n) is 15.4. The van der Waals surface area contributed by atoms with Crippen molar-refractivity contribution in [1.29, 1.82) is 10.5 Å². The van der Waals surface area contributed by atoms with Gasteiger partial charge in [-0.05, 0) is 50.2 Å². The number of nitrogens with one attached hydrogen (secondary N) is 2. The van der Waals surface area contributed by atoms with Crippen molar-refractivity contribution in [3.8, 4) is 12.1 Å². The van der Waals surface area contributed by atoms with Crippen molar-refractivity contribution in [3.63, 3.8) is 0 Å². The van der Waals surface area contributed by atoms with E-state index in [0.717, 1.165) is 24.5 Å². The molecule has 6 nitrogen and oxygen atoms in total. The molecule has 0 fully saturated rings. The molecule has 2 aromatic rings. The van der Waals surface area contributed by atoms with Gasteiger partial charge in [-0.3, -0.25) is 4.79 Å². The van der Waals surface area contributed by atoms with Crippen molar-refractivity contribution in [2.45, 2.75) is 13.8 Å². The largest absolute Gasteiger partial charge is 0.372 e. The molecule has 2 N–H and O–H groups in total. The monoisotopic (exact) mass is 359 g/mol. The van der Waals surface area contributed by atoms with E-state index in [9.17, 15) is 10.1 Å². The number of amides is 1. The van der Waals surface area contributed by atoms with Gasteiger partial charge >= 0.3 is 0 Å². The Morgan fingerprint density at radius 1 is 1.07 bits per heavy atom. The first kappa shape index (κ1) is 19.6. The van der Waals surface area contributed by atoms with Crippen LogP contribution in [0.5, 0.6) is 0 Å². The van der Waals surface area contributed by atoms with Crippen LogP contribution in [0.1, 0.15) is 19.4 Å². The Bertz CT molecular complexity index is 899. The lowest BCUT2D eigenvalue weighted by atomic mass is 10.2. The van der Waals surface area contributed by atoms with Crippen LogP contribution in [0, 0.1) is 22.7 Å². The minimum absolute atomic E-state index is 0.0874. The molecule has 0 heterocycles. The molecule has 2 aromatic carbocycles. The Morgan fingerprint density at radius 2 is 1.74 bits per heavy atom. The molecule has 0 spiro atoms. The molecular formula is C21H21N5O. The first-order chi connectivity index (χ1) is 13.1. The van der Waals surface area contributed by atoms with E-state index in [2.05, 4.69) is 29.4 Å². The van der Waals surface area contributed by atoms with Crippen LogP contribution in [0.2, 0.25) is 0 Å². The highest BCUT2D eigenvalue weighted by Crippen LogP contribution is 2.18. The van der Waals surface area contributed by atoms with Gasteiger partial charge < -0.3 is 15.5 Å². The second-order valence-corrected chi connectivity index (χ2v) is 5.64. The van der Waals surface area contributed by atoms with Crippen LogP contribution in [-0.2, 0) is 4.79 Å². The van der Waals surface area contributed by atoms with E-state index in [1.807, 2.05) is 36.4 Å². The number of anilines is 3. The number of rotatable bonds is 7. The molecule has 0 bridgehead atoms. The Kier molecular flexibility index (Phi) is 6.99. The molecule has 0 aliphatic carbocycles. The molecule has 1 amide bonds. The van der Waals surface area contributed by atoms with E-state index in [0.29, 0.717) is 11.3 Å². The summed E-state index contributed by atoms with van der Waals surface area (Å²) in [5, 5.41) is 23.9. The van der Waals surface area contributed by atoms with Crippen LogP contribution in [-0.4, -0.2) is 19.0 Å². The zero-order chi connectivity index (χ0) is 19.6. The Balaban J connectivity index is 2.09. The second kappa shape index (κ2) is 9.65. The Labute approximate surface area is 159 Å². The number of carbonyl (C=O) groups is 1. The van der Waals surface area contributed by atoms with Gasteiger partial charge in [-0.15, -0.1) is 0 Å². The number of nitriles is 2. The fourth-order valence-electron chi connectivity index (χ4n) is 2.54. The van der Waals surface area contributed by atoms with Crippen LogP contribution in [0.15, 0.2) is 60.3 Å². The van der Waals surface area contributed by atoms with Crippen molar-refractivity contribution in [3.05, 3.63) is 65.9 Å². The van der Waals surface area contributed by atoms with Crippen molar-refractivity contribution >= 4 is 23.0 Å². The zero-order valence-corrected chi connectivity index (χ0v) is 15.4. The quantitative estimate of drug-likeness (QED) is 0.578. The van der Waals surface area contributed by atoms with E-state index in [4.69, 9.17) is 5.26 Å². The fourth-order valence-corrected chi connectivity index (χ4v) is 2.54. The summed E-state index contributed by atoms with van der Waals surface area (Å²) < 4.78 is 0. The molecule has 136 valence electrons. The summed E-state index contributed by atoms with van der Waals surface area (Å²) >= 11 is 0. The van der Waals surface area contributed by atoms with Gasteiger partial charge in [0.1, 0.15) is 17.7 Å². The molecular weight excluding hydrogens is 338 g/mol. The lowest BCUT2D eigenvalue weighted by Gasteiger charge is -2.21. The summed E-state index contributed by atoms with van der Waals surface area (Å²) in [6, 6.07) is 18.3. The highest BCUT2D eigenvalue weighted by atomic mass is 16.1. The summed E-state index contributed by atoms with van der Waals surface area (Å²) in [6.07, 6.45) is 1.36. The highest BCUT2D eigenvalue weighted by Gasteiger charge is 2.11. The van der Waals surface area contributed by atoms with Crippen molar-refractivity contribution < 1.29 is 4.79 Å². The van der Waals surface area contributed by atoms with E-state index >= 15 is 0 Å². The van der Waals surface area contributed by atoms with Gasteiger partial charge in [0.25, 0.3) is 5.91 Å². The number of carbonyl (C=O) groups excluding carboxylic acids is 1. The predicted octanol–water partition coefficient (Wildman–Crippen LogP) is 3.86. The first-order valence-electron chi connectivity index (χ1n) is 8.65. The van der Waals surface area contributed by atoms with Crippen molar-refractivity contribution in [2.24, 2.45) is 0 Å². The summed E-state index contributed by atoms with van der Waals surface area (Å²) in [4.78, 5) is 14.5. The molecule has 2 rings (SSSR count). The van der Waals surface area contributed by atoms with E-state index in [1.165, 1.54) is 6.20 Å². The molecule has 0 saturated carbocycles. The maximum absolute atomic E-state index is 12.3. The maximum Gasteiger partial charge on any atom is 0.267 e. The number of hydrogen-bond acceptors (Lipinski definition) is 5. The minimum atomic E-state index is -0.576. The van der Waals surface area contributed by atoms with Crippen LogP contribution < -0.4 is 15.5 Å². The lowest BCUT2D eigenvalue weighted by Crippen LogP contribution is -2.21. The Morgan fingerprint density at radius 3 is 2.33 bits per heavy atom. The van der Waals surface area contributed by atoms with Gasteiger partial charge in [-0.25, -0.2) is 0 Å². The van der Waals surface area contributed by atoms with Crippen LogP contribution in [0.3, 0.4) is 0 Å². The lowest BCUT2D eigenvalue weighted by molar-refractivity contribution is -0.112. The van der Waals surface area contributed by atoms with Gasteiger partial charge in [0.05, 0.1) is 11.3 Å². The molecule has 27 heavy (non-hydrogen) atoms. The van der Waals surface area contributed by atoms with Gasteiger partial charge in [0.2, 0.25) is 0 Å². The van der Waals surface area contributed by atoms with Crippen LogP contribution in [0.4, 0.5) is 17.1 Å². The topological polar surface area (TPSA) is 91.9 Å². The number of benzene rings is 2. The van der Waals surface area contributed by atoms with Gasteiger partial charge in [0.15, 0.2) is 0 Å². The molecule has 0 aliphatic heterocycles. The van der Waals surface area contributed by atoms with Gasteiger partial charge in [-0.2, -0.15) is 10.5 Å². The second-order valence-electron chi connectivity index (χ2n) is 5.64. The summed E-state index contributed by atoms with van der Waals surface area (Å²) in [5.74, 6) is -0.576. The minimum Gasteiger partial charge on any atom is -0.372 e. The fraction of sp³-hybridized carbons (Fsp3) is 0.190. The van der Waals surface area contributed by atoms with Gasteiger partial charge in [-0.1, -0.05) is 12.1 Å². The number of nitrogens with zero attached hydrogens (tertiary/aromatic N) is 3. The summed E-state index contributed by atoms with van der Waals surface area (Å²) in [5.41, 5.74) is 2.50. The third kappa shape index (κ3) is 5.10. The molecule has 0 aliphatic rings. The molecule has 6 heteroatoms. The molecule has 0 atom stereocenters. The van der Waals surface area contributed by atoms with Crippen LogP contribution >= 0.6 is 0 Å². The standard InChI is InChI=1S/C21H21N5O/c1-3-26(4-2)19-11-9-18(10-12-19)24-15-17(14-23)21(27)25-20-8-6-5-7-16(20)13-22/h5-12,15,24H,3-4H2,1-2H3,(H,25,27)/b17-15-. The number of hydrogen-bond donors (Lipinski definition) is 2.